The van der Waals surface area contributed by atoms with Crippen LogP contribution in [0.3, 0.4) is 0 Å². The Labute approximate surface area is 171 Å². The van der Waals surface area contributed by atoms with Crippen LogP contribution >= 0.6 is 11.6 Å². The predicted molar refractivity (Wildman–Crippen MR) is 106 cm³/mol. The van der Waals surface area contributed by atoms with Crippen molar-refractivity contribution < 1.29 is 13.6 Å². The second-order valence-electron chi connectivity index (χ2n) is 6.58. The monoisotopic (exact) mass is 410 g/mol. The summed E-state index contributed by atoms with van der Waals surface area (Å²) in [5.41, 5.74) is 1.34. The van der Waals surface area contributed by atoms with Crippen LogP contribution in [0.1, 0.15) is 16.1 Å². The molecular weight excluding hydrogens is 395 g/mol. The predicted octanol–water partition coefficient (Wildman–Crippen LogP) is 3.97. The van der Waals surface area contributed by atoms with E-state index in [-0.39, 0.29) is 23.3 Å². The molecule has 0 spiro atoms. The molecule has 1 aliphatic rings. The van der Waals surface area contributed by atoms with Crippen molar-refractivity contribution in [1.82, 2.24) is 9.88 Å². The van der Waals surface area contributed by atoms with Gasteiger partial charge >= 0.3 is 0 Å². The standard InChI is InChI=1S/C21H16ClFN4O2/c22-16-5-1-15(2-6-16)20(28)26-9-11-27(12-10-26)21-18(13-24)25-19(29-21)14-3-7-17(23)8-4-14/h1-8H,9-12H2. The number of halogens is 2. The number of piperazine rings is 1. The minimum atomic E-state index is -0.359. The van der Waals surface area contributed by atoms with Crippen molar-refractivity contribution in [3.63, 3.8) is 0 Å². The molecule has 1 amide bonds. The number of rotatable bonds is 3. The number of carbonyl (C=O) groups is 1. The summed E-state index contributed by atoms with van der Waals surface area (Å²) in [5.74, 6) is 0.204. The van der Waals surface area contributed by atoms with Crippen molar-refractivity contribution in [3.05, 3.63) is 70.6 Å². The molecule has 0 saturated carbocycles. The smallest absolute Gasteiger partial charge is 0.253 e. The van der Waals surface area contributed by atoms with E-state index in [2.05, 4.69) is 4.98 Å². The van der Waals surface area contributed by atoms with Crippen LogP contribution in [0.4, 0.5) is 10.3 Å². The van der Waals surface area contributed by atoms with Gasteiger partial charge < -0.3 is 14.2 Å². The minimum absolute atomic E-state index is 0.0635. The van der Waals surface area contributed by atoms with Crippen molar-refractivity contribution in [2.24, 2.45) is 0 Å². The Morgan fingerprint density at radius 1 is 1.07 bits per heavy atom. The molecule has 146 valence electrons. The molecular formula is C21H16ClFN4O2. The zero-order chi connectivity index (χ0) is 20.4. The molecule has 0 N–H and O–H groups in total. The molecule has 0 aliphatic carbocycles. The van der Waals surface area contributed by atoms with E-state index >= 15 is 0 Å². The first kappa shape index (κ1) is 19.0. The van der Waals surface area contributed by atoms with Gasteiger partial charge in [-0.2, -0.15) is 10.2 Å². The van der Waals surface area contributed by atoms with Gasteiger partial charge in [0.1, 0.15) is 11.9 Å². The minimum Gasteiger partial charge on any atom is -0.419 e. The van der Waals surface area contributed by atoms with Crippen molar-refractivity contribution in [1.29, 1.82) is 5.26 Å². The molecule has 8 heteroatoms. The normalized spacial score (nSPS) is 14.0. The van der Waals surface area contributed by atoms with Crippen LogP contribution in [0.2, 0.25) is 5.02 Å². The van der Waals surface area contributed by atoms with E-state index in [0.717, 1.165) is 0 Å². The van der Waals surface area contributed by atoms with Crippen LogP contribution in [0.5, 0.6) is 0 Å². The summed E-state index contributed by atoms with van der Waals surface area (Å²) in [7, 11) is 0. The Hall–Kier alpha value is -3.37. The molecule has 0 unspecified atom stereocenters. The fraction of sp³-hybridized carbons (Fsp3) is 0.190. The highest BCUT2D eigenvalue weighted by atomic mass is 35.5. The van der Waals surface area contributed by atoms with E-state index in [1.54, 1.807) is 41.3 Å². The van der Waals surface area contributed by atoms with Crippen LogP contribution in [0.15, 0.2) is 52.9 Å². The van der Waals surface area contributed by atoms with Crippen LogP contribution in [0.25, 0.3) is 11.5 Å². The Balaban J connectivity index is 1.48. The number of nitriles is 1. The number of amides is 1. The van der Waals surface area contributed by atoms with Gasteiger partial charge in [0, 0.05) is 42.3 Å². The first-order valence-electron chi connectivity index (χ1n) is 9.02. The zero-order valence-electron chi connectivity index (χ0n) is 15.3. The summed E-state index contributed by atoms with van der Waals surface area (Å²) in [4.78, 5) is 20.5. The van der Waals surface area contributed by atoms with Crippen LogP contribution < -0.4 is 4.90 Å². The maximum absolute atomic E-state index is 13.1. The third-order valence-electron chi connectivity index (χ3n) is 4.75. The van der Waals surface area contributed by atoms with Gasteiger partial charge in [0.05, 0.1) is 0 Å². The molecule has 4 rings (SSSR count). The molecule has 0 radical (unpaired) electrons. The summed E-state index contributed by atoms with van der Waals surface area (Å²) >= 11 is 5.88. The Morgan fingerprint density at radius 2 is 1.72 bits per heavy atom. The summed E-state index contributed by atoms with van der Waals surface area (Å²) in [6, 6.07) is 14.6. The van der Waals surface area contributed by atoms with Crippen molar-refractivity contribution in [2.45, 2.75) is 0 Å². The molecule has 2 heterocycles. The summed E-state index contributed by atoms with van der Waals surface area (Å²) in [5, 5.41) is 10.0. The van der Waals surface area contributed by atoms with Gasteiger partial charge in [-0.3, -0.25) is 4.79 Å². The molecule has 1 fully saturated rings. The first-order valence-corrected chi connectivity index (χ1v) is 9.39. The topological polar surface area (TPSA) is 73.4 Å². The average molecular weight is 411 g/mol. The lowest BCUT2D eigenvalue weighted by Crippen LogP contribution is -2.48. The van der Waals surface area contributed by atoms with Gasteiger partial charge in [0.15, 0.2) is 0 Å². The fourth-order valence-electron chi connectivity index (χ4n) is 3.20. The van der Waals surface area contributed by atoms with Crippen molar-refractivity contribution in [3.8, 4) is 17.5 Å². The molecule has 6 nitrogen and oxygen atoms in total. The second-order valence-corrected chi connectivity index (χ2v) is 7.01. The molecule has 0 bridgehead atoms. The number of hydrogen-bond acceptors (Lipinski definition) is 5. The summed E-state index contributed by atoms with van der Waals surface area (Å²) in [6.07, 6.45) is 0. The quantitative estimate of drug-likeness (QED) is 0.653. The number of benzene rings is 2. The molecule has 2 aromatic carbocycles. The van der Waals surface area contributed by atoms with Gasteiger partial charge in [0.25, 0.3) is 5.91 Å². The number of carbonyl (C=O) groups excluding carboxylic acids is 1. The number of anilines is 1. The lowest BCUT2D eigenvalue weighted by molar-refractivity contribution is 0.0745. The largest absolute Gasteiger partial charge is 0.419 e. The van der Waals surface area contributed by atoms with Crippen LogP contribution in [0, 0.1) is 17.1 Å². The Morgan fingerprint density at radius 3 is 2.34 bits per heavy atom. The molecule has 1 saturated heterocycles. The molecule has 3 aromatic rings. The molecule has 29 heavy (non-hydrogen) atoms. The summed E-state index contributed by atoms with van der Waals surface area (Å²) < 4.78 is 19.0. The summed E-state index contributed by atoms with van der Waals surface area (Å²) in [6.45, 7) is 1.98. The average Bonchev–Trinajstić information content (AvgIpc) is 3.19. The SMILES string of the molecule is N#Cc1nc(-c2ccc(F)cc2)oc1N1CCN(C(=O)c2ccc(Cl)cc2)CC1. The van der Waals surface area contributed by atoms with Gasteiger partial charge in [-0.25, -0.2) is 4.39 Å². The highest BCUT2D eigenvalue weighted by Gasteiger charge is 2.27. The lowest BCUT2D eigenvalue weighted by Gasteiger charge is -2.34. The molecule has 0 atom stereocenters. The number of oxazole rings is 1. The van der Waals surface area contributed by atoms with Crippen molar-refractivity contribution in [2.75, 3.05) is 31.1 Å². The fourth-order valence-corrected chi connectivity index (χ4v) is 3.33. The lowest BCUT2D eigenvalue weighted by atomic mass is 10.2. The number of hydrogen-bond donors (Lipinski definition) is 0. The van der Waals surface area contributed by atoms with E-state index in [1.807, 2.05) is 11.0 Å². The van der Waals surface area contributed by atoms with Crippen LogP contribution in [-0.4, -0.2) is 42.0 Å². The third kappa shape index (κ3) is 3.93. The second kappa shape index (κ2) is 7.94. The maximum Gasteiger partial charge on any atom is 0.253 e. The zero-order valence-corrected chi connectivity index (χ0v) is 16.1. The van der Waals surface area contributed by atoms with E-state index in [4.69, 9.17) is 16.0 Å². The number of aromatic nitrogens is 1. The first-order chi connectivity index (χ1) is 14.0. The Bertz CT molecular complexity index is 1070. The number of nitrogens with zero attached hydrogens (tertiary/aromatic N) is 4. The van der Waals surface area contributed by atoms with Crippen molar-refractivity contribution >= 4 is 23.4 Å². The van der Waals surface area contributed by atoms with Gasteiger partial charge in [-0.05, 0) is 48.5 Å². The molecule has 1 aromatic heterocycles. The van der Waals surface area contributed by atoms with Gasteiger partial charge in [-0.1, -0.05) is 11.6 Å². The van der Waals surface area contributed by atoms with E-state index in [9.17, 15) is 14.4 Å². The van der Waals surface area contributed by atoms with Crippen LogP contribution in [-0.2, 0) is 0 Å². The van der Waals surface area contributed by atoms with E-state index < -0.39 is 0 Å². The van der Waals surface area contributed by atoms with Gasteiger partial charge in [0.2, 0.25) is 17.5 Å². The highest BCUT2D eigenvalue weighted by molar-refractivity contribution is 6.30. The Kier molecular flexibility index (Phi) is 5.19. The highest BCUT2D eigenvalue weighted by Crippen LogP contribution is 2.29. The van der Waals surface area contributed by atoms with Gasteiger partial charge in [-0.15, -0.1) is 0 Å². The maximum atomic E-state index is 13.1. The van der Waals surface area contributed by atoms with E-state index in [1.165, 1.54) is 12.1 Å². The third-order valence-corrected chi connectivity index (χ3v) is 5.00. The van der Waals surface area contributed by atoms with E-state index in [0.29, 0.717) is 48.2 Å². The molecule has 1 aliphatic heterocycles.